The van der Waals surface area contributed by atoms with Gasteiger partial charge in [-0.05, 0) is 31.2 Å². The van der Waals surface area contributed by atoms with Crippen LogP contribution in [0.25, 0.3) is 0 Å². The van der Waals surface area contributed by atoms with E-state index in [1.807, 2.05) is 6.92 Å². The van der Waals surface area contributed by atoms with E-state index in [2.05, 4.69) is 17.2 Å². The Labute approximate surface area is 119 Å². The van der Waals surface area contributed by atoms with Crippen LogP contribution in [0.1, 0.15) is 15.3 Å². The van der Waals surface area contributed by atoms with E-state index in [9.17, 15) is 9.18 Å². The van der Waals surface area contributed by atoms with Crippen LogP contribution >= 0.6 is 22.9 Å². The van der Waals surface area contributed by atoms with Crippen LogP contribution in [-0.2, 0) is 4.79 Å². The standard InChI is InChI=1S/C14H9ClFNOS/c1-9-14(17-8-18)7-11(19-9)4-2-10-3-5-12(15)13(16)6-10/h3,5-8H,1H3,(H,17,18). The quantitative estimate of drug-likeness (QED) is 0.662. The highest BCUT2D eigenvalue weighted by atomic mass is 35.5. The van der Waals surface area contributed by atoms with E-state index in [1.54, 1.807) is 12.1 Å². The SMILES string of the molecule is Cc1sc(C#Cc2ccc(Cl)c(F)c2)cc1NC=O. The molecular weight excluding hydrogens is 285 g/mol. The maximum atomic E-state index is 13.2. The summed E-state index contributed by atoms with van der Waals surface area (Å²) in [5.74, 6) is 5.30. The van der Waals surface area contributed by atoms with Crippen LogP contribution in [0.5, 0.6) is 0 Å². The molecule has 2 rings (SSSR count). The third-order valence-electron chi connectivity index (χ3n) is 2.38. The normalized spacial score (nSPS) is 9.63. The Kier molecular flexibility index (Phi) is 4.20. The van der Waals surface area contributed by atoms with E-state index in [1.165, 1.54) is 23.5 Å². The van der Waals surface area contributed by atoms with Crippen LogP contribution in [0.15, 0.2) is 24.3 Å². The number of amides is 1. The van der Waals surface area contributed by atoms with Crippen molar-refractivity contribution in [3.05, 3.63) is 50.4 Å². The van der Waals surface area contributed by atoms with E-state index in [-0.39, 0.29) is 5.02 Å². The Balaban J connectivity index is 2.26. The highest BCUT2D eigenvalue weighted by Gasteiger charge is 2.02. The summed E-state index contributed by atoms with van der Waals surface area (Å²) in [6, 6.07) is 6.21. The predicted octanol–water partition coefficient (Wildman–Crippen LogP) is 3.82. The summed E-state index contributed by atoms with van der Waals surface area (Å²) in [6.07, 6.45) is 0.626. The van der Waals surface area contributed by atoms with Crippen LogP contribution in [-0.4, -0.2) is 6.41 Å². The summed E-state index contributed by atoms with van der Waals surface area (Å²) in [5.41, 5.74) is 1.30. The molecule has 0 bridgehead atoms. The van der Waals surface area contributed by atoms with Gasteiger partial charge in [0.05, 0.1) is 15.6 Å². The van der Waals surface area contributed by atoms with Gasteiger partial charge in [0.1, 0.15) is 5.82 Å². The number of hydrogen-bond donors (Lipinski definition) is 1. The third-order valence-corrected chi connectivity index (χ3v) is 3.65. The molecule has 0 spiro atoms. The van der Waals surface area contributed by atoms with Gasteiger partial charge in [-0.15, -0.1) is 11.3 Å². The van der Waals surface area contributed by atoms with Gasteiger partial charge < -0.3 is 5.32 Å². The number of halogens is 2. The molecule has 0 atom stereocenters. The average Bonchev–Trinajstić information content (AvgIpc) is 2.72. The van der Waals surface area contributed by atoms with Crippen LogP contribution in [0, 0.1) is 24.6 Å². The zero-order valence-corrected chi connectivity index (χ0v) is 11.5. The Bertz CT molecular complexity index is 684. The van der Waals surface area contributed by atoms with Crippen molar-refractivity contribution in [3.8, 4) is 11.8 Å². The molecular formula is C14H9ClFNOS. The molecule has 1 aromatic carbocycles. The molecule has 96 valence electrons. The summed E-state index contributed by atoms with van der Waals surface area (Å²) in [6.45, 7) is 1.89. The van der Waals surface area contributed by atoms with Gasteiger partial charge in [0, 0.05) is 10.4 Å². The molecule has 0 radical (unpaired) electrons. The number of carbonyl (C=O) groups is 1. The minimum atomic E-state index is -0.487. The number of rotatable bonds is 2. The Morgan fingerprint density at radius 1 is 1.37 bits per heavy atom. The van der Waals surface area contributed by atoms with Crippen molar-refractivity contribution in [2.45, 2.75) is 6.92 Å². The van der Waals surface area contributed by atoms with E-state index >= 15 is 0 Å². The maximum absolute atomic E-state index is 13.2. The lowest BCUT2D eigenvalue weighted by Crippen LogP contribution is -1.92. The van der Waals surface area contributed by atoms with Crippen LogP contribution in [0.3, 0.4) is 0 Å². The molecule has 0 unspecified atom stereocenters. The summed E-state index contributed by atoms with van der Waals surface area (Å²) in [4.78, 5) is 12.2. The largest absolute Gasteiger partial charge is 0.328 e. The molecule has 1 N–H and O–H groups in total. The Hall–Kier alpha value is -1.83. The first kappa shape index (κ1) is 13.6. The topological polar surface area (TPSA) is 29.1 Å². The maximum Gasteiger partial charge on any atom is 0.211 e. The van der Waals surface area contributed by atoms with Gasteiger partial charge in [-0.25, -0.2) is 4.39 Å². The molecule has 1 aromatic heterocycles. The van der Waals surface area contributed by atoms with Crippen molar-refractivity contribution >= 4 is 35.0 Å². The summed E-state index contributed by atoms with van der Waals surface area (Å²) in [5, 5.41) is 2.67. The van der Waals surface area contributed by atoms with Gasteiger partial charge in [-0.2, -0.15) is 0 Å². The number of aryl methyl sites for hydroxylation is 1. The molecule has 0 aliphatic rings. The van der Waals surface area contributed by atoms with Gasteiger partial charge in [-0.3, -0.25) is 4.79 Å². The second kappa shape index (κ2) is 5.87. The Morgan fingerprint density at radius 2 is 2.16 bits per heavy atom. The highest BCUT2D eigenvalue weighted by molar-refractivity contribution is 7.13. The fraction of sp³-hybridized carbons (Fsp3) is 0.0714. The minimum Gasteiger partial charge on any atom is -0.328 e. The summed E-state index contributed by atoms with van der Waals surface area (Å²) in [7, 11) is 0. The first-order valence-electron chi connectivity index (χ1n) is 5.38. The van der Waals surface area contributed by atoms with Crippen molar-refractivity contribution in [1.29, 1.82) is 0 Å². The zero-order chi connectivity index (χ0) is 13.8. The van der Waals surface area contributed by atoms with E-state index in [0.717, 1.165) is 15.4 Å². The molecule has 5 heteroatoms. The van der Waals surface area contributed by atoms with Gasteiger partial charge in [0.2, 0.25) is 6.41 Å². The molecule has 19 heavy (non-hydrogen) atoms. The first-order valence-corrected chi connectivity index (χ1v) is 6.57. The van der Waals surface area contributed by atoms with Crippen LogP contribution in [0.2, 0.25) is 5.02 Å². The number of hydrogen-bond acceptors (Lipinski definition) is 2. The lowest BCUT2D eigenvalue weighted by molar-refractivity contribution is -0.105. The molecule has 2 nitrogen and oxygen atoms in total. The highest BCUT2D eigenvalue weighted by Crippen LogP contribution is 2.25. The van der Waals surface area contributed by atoms with Crippen molar-refractivity contribution in [3.63, 3.8) is 0 Å². The number of anilines is 1. The molecule has 1 amide bonds. The van der Waals surface area contributed by atoms with E-state index in [0.29, 0.717) is 12.0 Å². The van der Waals surface area contributed by atoms with Gasteiger partial charge in [-0.1, -0.05) is 23.4 Å². The molecule has 0 aliphatic carbocycles. The lowest BCUT2D eigenvalue weighted by atomic mass is 10.2. The third kappa shape index (κ3) is 3.34. The van der Waals surface area contributed by atoms with Crippen molar-refractivity contribution in [2.75, 3.05) is 5.32 Å². The second-order valence-corrected chi connectivity index (χ2v) is 5.39. The van der Waals surface area contributed by atoms with E-state index in [4.69, 9.17) is 11.6 Å². The van der Waals surface area contributed by atoms with Crippen molar-refractivity contribution < 1.29 is 9.18 Å². The number of thiophene rings is 1. The summed E-state index contributed by atoms with van der Waals surface area (Å²) < 4.78 is 13.2. The number of nitrogens with one attached hydrogen (secondary N) is 1. The van der Waals surface area contributed by atoms with Crippen LogP contribution < -0.4 is 5.32 Å². The molecule has 0 saturated carbocycles. The zero-order valence-electron chi connectivity index (χ0n) is 9.96. The van der Waals surface area contributed by atoms with Crippen LogP contribution in [0.4, 0.5) is 10.1 Å². The van der Waals surface area contributed by atoms with Gasteiger partial charge in [0.15, 0.2) is 0 Å². The lowest BCUT2D eigenvalue weighted by Gasteiger charge is -1.93. The predicted molar refractivity (Wildman–Crippen MR) is 76.1 cm³/mol. The second-order valence-electron chi connectivity index (χ2n) is 3.72. The first-order chi connectivity index (χ1) is 9.10. The van der Waals surface area contributed by atoms with E-state index < -0.39 is 5.82 Å². The number of benzene rings is 1. The molecule has 0 fully saturated rings. The molecule has 0 aliphatic heterocycles. The average molecular weight is 294 g/mol. The van der Waals surface area contributed by atoms with Crippen molar-refractivity contribution in [2.24, 2.45) is 0 Å². The van der Waals surface area contributed by atoms with Crippen molar-refractivity contribution in [1.82, 2.24) is 0 Å². The smallest absolute Gasteiger partial charge is 0.211 e. The molecule has 0 saturated heterocycles. The Morgan fingerprint density at radius 3 is 2.84 bits per heavy atom. The van der Waals surface area contributed by atoms with Gasteiger partial charge in [0.25, 0.3) is 0 Å². The van der Waals surface area contributed by atoms with Gasteiger partial charge >= 0.3 is 0 Å². The molecule has 2 aromatic rings. The fourth-order valence-electron chi connectivity index (χ4n) is 1.46. The summed E-state index contributed by atoms with van der Waals surface area (Å²) >= 11 is 7.06. The fourth-order valence-corrected chi connectivity index (χ4v) is 2.41. The molecule has 1 heterocycles. The number of carbonyl (C=O) groups excluding carboxylic acids is 1. The minimum absolute atomic E-state index is 0.0787. The monoisotopic (exact) mass is 293 g/mol.